The molecule has 0 atom stereocenters. The number of hydrogen-bond donors (Lipinski definition) is 1. The Labute approximate surface area is 158 Å². The Balaban J connectivity index is 1.94. The molecule has 1 aromatic carbocycles. The summed E-state index contributed by atoms with van der Waals surface area (Å²) in [5.74, 6) is -0.833. The first kappa shape index (κ1) is 19.8. The summed E-state index contributed by atoms with van der Waals surface area (Å²) in [5.41, 5.74) is 0.691. The number of hydrogen-bond acceptors (Lipinski definition) is 4. The zero-order valence-corrected chi connectivity index (χ0v) is 15.1. The van der Waals surface area contributed by atoms with Crippen LogP contribution in [0.15, 0.2) is 35.1 Å². The molecule has 1 amide bonds. The van der Waals surface area contributed by atoms with Gasteiger partial charge in [0.15, 0.2) is 0 Å². The lowest BCUT2D eigenvalue weighted by molar-refractivity contribution is -0.274. The van der Waals surface area contributed by atoms with E-state index in [1.807, 2.05) is 0 Å². The molecule has 2 heterocycles. The Morgan fingerprint density at radius 1 is 1.25 bits per heavy atom. The lowest BCUT2D eigenvalue weighted by Crippen LogP contribution is -2.31. The molecule has 3 rings (SSSR count). The van der Waals surface area contributed by atoms with Gasteiger partial charge in [0.05, 0.1) is 6.61 Å². The number of nitrogens with one attached hydrogen (secondary N) is 1. The summed E-state index contributed by atoms with van der Waals surface area (Å²) in [5, 5.41) is 2.57. The highest BCUT2D eigenvalue weighted by Crippen LogP contribution is 2.28. The van der Waals surface area contributed by atoms with Gasteiger partial charge in [-0.05, 0) is 38.3 Å². The van der Waals surface area contributed by atoms with E-state index in [9.17, 15) is 22.8 Å². The SMILES string of the molecule is CCOc1cc(=O)n2c(c1C(=O)Nc1cccc(OC(F)(F)F)c1)CCCC2. The molecule has 1 N–H and O–H groups in total. The van der Waals surface area contributed by atoms with Gasteiger partial charge in [-0.15, -0.1) is 13.2 Å². The molecule has 0 aliphatic carbocycles. The Morgan fingerprint density at radius 2 is 2.04 bits per heavy atom. The number of fused-ring (bicyclic) bond motifs is 1. The molecule has 0 saturated carbocycles. The van der Waals surface area contributed by atoms with Crippen molar-refractivity contribution >= 4 is 11.6 Å². The van der Waals surface area contributed by atoms with E-state index in [2.05, 4.69) is 10.1 Å². The van der Waals surface area contributed by atoms with Crippen LogP contribution >= 0.6 is 0 Å². The van der Waals surface area contributed by atoms with Gasteiger partial charge in [-0.1, -0.05) is 6.07 Å². The topological polar surface area (TPSA) is 69.6 Å². The Morgan fingerprint density at radius 3 is 2.75 bits per heavy atom. The summed E-state index contributed by atoms with van der Waals surface area (Å²) in [6.07, 6.45) is -2.64. The number of pyridine rings is 1. The number of aromatic nitrogens is 1. The van der Waals surface area contributed by atoms with Crippen molar-refractivity contribution in [3.63, 3.8) is 0 Å². The Kier molecular flexibility index (Phi) is 5.62. The van der Waals surface area contributed by atoms with Crippen molar-refractivity contribution in [2.75, 3.05) is 11.9 Å². The zero-order chi connectivity index (χ0) is 20.3. The molecular weight excluding hydrogens is 377 g/mol. The van der Waals surface area contributed by atoms with Crippen LogP contribution in [0.2, 0.25) is 0 Å². The van der Waals surface area contributed by atoms with Crippen molar-refractivity contribution in [3.8, 4) is 11.5 Å². The van der Waals surface area contributed by atoms with Crippen molar-refractivity contribution in [1.29, 1.82) is 0 Å². The molecule has 1 aliphatic rings. The molecule has 0 fully saturated rings. The van der Waals surface area contributed by atoms with E-state index in [4.69, 9.17) is 4.74 Å². The van der Waals surface area contributed by atoms with E-state index in [0.717, 1.165) is 25.0 Å². The van der Waals surface area contributed by atoms with Crippen LogP contribution in [0.5, 0.6) is 11.5 Å². The number of ether oxygens (including phenoxy) is 2. The number of nitrogens with zero attached hydrogens (tertiary/aromatic N) is 1. The molecule has 1 aliphatic heterocycles. The van der Waals surface area contributed by atoms with Crippen molar-refractivity contribution in [1.82, 2.24) is 4.57 Å². The van der Waals surface area contributed by atoms with Gasteiger partial charge in [0.1, 0.15) is 17.1 Å². The molecular formula is C19H19F3N2O4. The predicted molar refractivity (Wildman–Crippen MR) is 95.9 cm³/mol. The standard InChI is InChI=1S/C19H19F3N2O4/c1-2-27-15-11-16(25)24-9-4-3-8-14(24)17(15)18(26)23-12-6-5-7-13(10-12)28-19(20,21)22/h5-7,10-11H,2-4,8-9H2,1H3,(H,23,26). The van der Waals surface area contributed by atoms with E-state index < -0.39 is 18.0 Å². The molecule has 9 heteroatoms. The van der Waals surface area contributed by atoms with Crippen LogP contribution in [0.3, 0.4) is 0 Å². The van der Waals surface area contributed by atoms with Crippen LogP contribution in [0.25, 0.3) is 0 Å². The number of amides is 1. The van der Waals surface area contributed by atoms with Crippen LogP contribution in [-0.4, -0.2) is 23.4 Å². The molecule has 0 spiro atoms. The van der Waals surface area contributed by atoms with Crippen LogP contribution in [-0.2, 0) is 13.0 Å². The van der Waals surface area contributed by atoms with E-state index in [0.29, 0.717) is 18.7 Å². The highest BCUT2D eigenvalue weighted by molar-refractivity contribution is 6.07. The summed E-state index contributed by atoms with van der Waals surface area (Å²) in [4.78, 5) is 25.2. The third-order valence-electron chi connectivity index (χ3n) is 4.28. The first-order valence-electron chi connectivity index (χ1n) is 8.85. The van der Waals surface area contributed by atoms with Gasteiger partial charge < -0.3 is 19.4 Å². The van der Waals surface area contributed by atoms with Crippen molar-refractivity contribution in [2.24, 2.45) is 0 Å². The molecule has 150 valence electrons. The number of carbonyl (C=O) groups excluding carboxylic acids is 1. The average molecular weight is 396 g/mol. The molecule has 0 bridgehead atoms. The van der Waals surface area contributed by atoms with Crippen molar-refractivity contribution < 1.29 is 27.4 Å². The number of alkyl halides is 3. The maximum atomic E-state index is 12.9. The molecule has 1 aromatic heterocycles. The molecule has 28 heavy (non-hydrogen) atoms. The fourth-order valence-electron chi connectivity index (χ4n) is 3.22. The maximum Gasteiger partial charge on any atom is 0.573 e. The van der Waals surface area contributed by atoms with Gasteiger partial charge in [-0.2, -0.15) is 0 Å². The van der Waals surface area contributed by atoms with E-state index in [-0.39, 0.29) is 29.2 Å². The first-order valence-corrected chi connectivity index (χ1v) is 8.85. The van der Waals surface area contributed by atoms with Gasteiger partial charge in [-0.3, -0.25) is 9.59 Å². The monoisotopic (exact) mass is 396 g/mol. The van der Waals surface area contributed by atoms with Gasteiger partial charge >= 0.3 is 6.36 Å². The van der Waals surface area contributed by atoms with E-state index >= 15 is 0 Å². The van der Waals surface area contributed by atoms with Crippen molar-refractivity contribution in [3.05, 3.63) is 51.9 Å². The average Bonchev–Trinajstić information content (AvgIpc) is 2.61. The summed E-state index contributed by atoms with van der Waals surface area (Å²) < 4.78 is 48.1. The van der Waals surface area contributed by atoms with E-state index in [1.165, 1.54) is 18.2 Å². The minimum absolute atomic E-state index is 0.134. The molecule has 2 aromatic rings. The first-order chi connectivity index (χ1) is 13.3. The normalized spacial score (nSPS) is 13.6. The number of rotatable bonds is 5. The summed E-state index contributed by atoms with van der Waals surface area (Å²) in [6.45, 7) is 2.50. The second kappa shape index (κ2) is 7.95. The smallest absolute Gasteiger partial charge is 0.493 e. The van der Waals surface area contributed by atoms with Crippen LogP contribution in [0, 0.1) is 0 Å². The van der Waals surface area contributed by atoms with Gasteiger partial charge in [-0.25, -0.2) is 0 Å². The predicted octanol–water partition coefficient (Wildman–Crippen LogP) is 3.73. The molecule has 0 saturated heterocycles. The Bertz CT molecular complexity index is 938. The number of anilines is 1. The summed E-state index contributed by atoms with van der Waals surface area (Å²) in [7, 11) is 0. The summed E-state index contributed by atoms with van der Waals surface area (Å²) >= 11 is 0. The highest BCUT2D eigenvalue weighted by Gasteiger charge is 2.31. The number of benzene rings is 1. The zero-order valence-electron chi connectivity index (χ0n) is 15.1. The van der Waals surface area contributed by atoms with Crippen LogP contribution in [0.1, 0.15) is 35.8 Å². The van der Waals surface area contributed by atoms with E-state index in [1.54, 1.807) is 11.5 Å². The second-order valence-electron chi connectivity index (χ2n) is 6.24. The fourth-order valence-corrected chi connectivity index (χ4v) is 3.22. The van der Waals surface area contributed by atoms with Gasteiger partial charge in [0.25, 0.3) is 11.5 Å². The third-order valence-corrected chi connectivity index (χ3v) is 4.28. The number of carbonyl (C=O) groups is 1. The minimum Gasteiger partial charge on any atom is -0.493 e. The second-order valence-corrected chi connectivity index (χ2v) is 6.24. The highest BCUT2D eigenvalue weighted by atomic mass is 19.4. The third kappa shape index (κ3) is 4.47. The minimum atomic E-state index is -4.83. The largest absolute Gasteiger partial charge is 0.573 e. The quantitative estimate of drug-likeness (QED) is 0.836. The van der Waals surface area contributed by atoms with Gasteiger partial charge in [0.2, 0.25) is 0 Å². The Hall–Kier alpha value is -2.97. The fraction of sp³-hybridized carbons (Fsp3) is 0.368. The van der Waals surface area contributed by atoms with Crippen LogP contribution < -0.4 is 20.3 Å². The lowest BCUT2D eigenvalue weighted by Gasteiger charge is -2.23. The lowest BCUT2D eigenvalue weighted by atomic mass is 10.0. The summed E-state index contributed by atoms with van der Waals surface area (Å²) in [6, 6.07) is 6.27. The van der Waals surface area contributed by atoms with Crippen molar-refractivity contribution in [2.45, 2.75) is 39.1 Å². The van der Waals surface area contributed by atoms with Crippen LogP contribution in [0.4, 0.5) is 18.9 Å². The number of halogens is 3. The molecule has 0 radical (unpaired) electrons. The van der Waals surface area contributed by atoms with Gasteiger partial charge in [0, 0.05) is 30.1 Å². The molecule has 0 unspecified atom stereocenters. The maximum absolute atomic E-state index is 12.9. The molecule has 6 nitrogen and oxygen atoms in total.